The third-order valence-electron chi connectivity index (χ3n) is 4.35. The molecule has 152 valence electrons. The number of fused-ring (bicyclic) bond motifs is 1. The van der Waals surface area contributed by atoms with Crippen LogP contribution in [-0.4, -0.2) is 38.0 Å². The maximum absolute atomic E-state index is 12.6. The highest BCUT2D eigenvalue weighted by atomic mass is 16.7. The van der Waals surface area contributed by atoms with E-state index in [0.29, 0.717) is 22.8 Å². The van der Waals surface area contributed by atoms with Gasteiger partial charge in [-0.05, 0) is 41.8 Å². The molecule has 1 heterocycles. The molecule has 3 rings (SSSR count). The van der Waals surface area contributed by atoms with Crippen LogP contribution in [-0.2, 0) is 4.79 Å². The molecule has 8 nitrogen and oxygen atoms in total. The Morgan fingerprint density at radius 1 is 1.14 bits per heavy atom. The van der Waals surface area contributed by atoms with Crippen LogP contribution in [0.15, 0.2) is 47.6 Å². The largest absolute Gasteiger partial charge is 0.497 e. The molecule has 1 unspecified atom stereocenters. The Labute approximate surface area is 168 Å². The zero-order valence-electron chi connectivity index (χ0n) is 16.5. The van der Waals surface area contributed by atoms with E-state index in [1.165, 1.54) is 6.21 Å². The van der Waals surface area contributed by atoms with Gasteiger partial charge in [-0.2, -0.15) is 5.10 Å². The number of carbonyl (C=O) groups excluding carboxylic acids is 2. The first-order valence-electron chi connectivity index (χ1n) is 9.15. The molecule has 1 aliphatic heterocycles. The first kappa shape index (κ1) is 20.2. The summed E-state index contributed by atoms with van der Waals surface area (Å²) in [5.74, 6) is 0.858. The van der Waals surface area contributed by atoms with Gasteiger partial charge >= 0.3 is 0 Å². The van der Waals surface area contributed by atoms with Crippen molar-refractivity contribution in [3.63, 3.8) is 0 Å². The molecule has 2 aromatic carbocycles. The van der Waals surface area contributed by atoms with Crippen LogP contribution in [0.5, 0.6) is 17.2 Å². The van der Waals surface area contributed by atoms with Gasteiger partial charge in [-0.3, -0.25) is 9.59 Å². The van der Waals surface area contributed by atoms with E-state index < -0.39 is 11.9 Å². The quantitative estimate of drug-likeness (QED) is 0.552. The topological polar surface area (TPSA) is 98.2 Å². The number of carbonyl (C=O) groups is 2. The molecule has 8 heteroatoms. The second kappa shape index (κ2) is 9.09. The monoisotopic (exact) mass is 397 g/mol. The lowest BCUT2D eigenvalue weighted by Crippen LogP contribution is -2.48. The first-order chi connectivity index (χ1) is 14.0. The van der Waals surface area contributed by atoms with Crippen molar-refractivity contribution < 1.29 is 23.8 Å². The molecule has 0 aliphatic carbocycles. The number of nitrogens with zero attached hydrogens (tertiary/aromatic N) is 1. The average molecular weight is 397 g/mol. The van der Waals surface area contributed by atoms with Crippen molar-refractivity contribution in [2.45, 2.75) is 19.9 Å². The third-order valence-corrected chi connectivity index (χ3v) is 4.35. The summed E-state index contributed by atoms with van der Waals surface area (Å²) in [7, 11) is 1.58. The highest BCUT2D eigenvalue weighted by Gasteiger charge is 2.25. The zero-order chi connectivity index (χ0) is 20.8. The van der Waals surface area contributed by atoms with Crippen LogP contribution in [0.4, 0.5) is 0 Å². The van der Waals surface area contributed by atoms with Gasteiger partial charge in [0.25, 0.3) is 11.8 Å². The molecule has 0 saturated carbocycles. The summed E-state index contributed by atoms with van der Waals surface area (Å²) >= 11 is 0. The van der Waals surface area contributed by atoms with Crippen molar-refractivity contribution in [1.29, 1.82) is 0 Å². The van der Waals surface area contributed by atoms with Crippen molar-refractivity contribution in [2.24, 2.45) is 11.0 Å². The van der Waals surface area contributed by atoms with Gasteiger partial charge < -0.3 is 19.5 Å². The molecule has 2 amide bonds. The maximum atomic E-state index is 12.6. The number of amides is 2. The van der Waals surface area contributed by atoms with Gasteiger partial charge in [-0.1, -0.05) is 26.0 Å². The van der Waals surface area contributed by atoms with Crippen molar-refractivity contribution >= 4 is 18.0 Å². The van der Waals surface area contributed by atoms with Gasteiger partial charge in [0.2, 0.25) is 6.79 Å². The van der Waals surface area contributed by atoms with Gasteiger partial charge in [0.1, 0.15) is 11.8 Å². The normalized spacial score (nSPS) is 13.4. The van der Waals surface area contributed by atoms with Crippen LogP contribution in [0.1, 0.15) is 29.8 Å². The summed E-state index contributed by atoms with van der Waals surface area (Å²) in [5, 5.41) is 6.73. The maximum Gasteiger partial charge on any atom is 0.262 e. The zero-order valence-corrected chi connectivity index (χ0v) is 16.5. The summed E-state index contributed by atoms with van der Waals surface area (Å²) in [6, 6.07) is 11.4. The smallest absolute Gasteiger partial charge is 0.262 e. The summed E-state index contributed by atoms with van der Waals surface area (Å²) in [5.41, 5.74) is 3.63. The Morgan fingerprint density at radius 2 is 1.93 bits per heavy atom. The van der Waals surface area contributed by atoms with E-state index in [1.54, 1.807) is 31.4 Å². The molecule has 2 aromatic rings. The predicted octanol–water partition coefficient (Wildman–Crippen LogP) is 2.33. The number of benzene rings is 2. The number of methoxy groups -OCH3 is 1. The number of nitrogens with one attached hydrogen (secondary N) is 2. The van der Waals surface area contributed by atoms with Gasteiger partial charge in [-0.25, -0.2) is 5.43 Å². The molecule has 0 radical (unpaired) electrons. The van der Waals surface area contributed by atoms with Crippen molar-refractivity contribution in [2.75, 3.05) is 13.9 Å². The molecule has 0 aromatic heterocycles. The minimum atomic E-state index is -0.754. The van der Waals surface area contributed by atoms with Gasteiger partial charge in [-0.15, -0.1) is 0 Å². The van der Waals surface area contributed by atoms with Crippen LogP contribution in [0.2, 0.25) is 0 Å². The summed E-state index contributed by atoms with van der Waals surface area (Å²) in [6.07, 6.45) is 1.51. The Morgan fingerprint density at radius 3 is 2.69 bits per heavy atom. The number of hydrazone groups is 1. The second-order valence-corrected chi connectivity index (χ2v) is 6.77. The van der Waals surface area contributed by atoms with E-state index in [2.05, 4.69) is 15.8 Å². The van der Waals surface area contributed by atoms with E-state index in [4.69, 9.17) is 14.2 Å². The number of ether oxygens (including phenoxy) is 3. The summed E-state index contributed by atoms with van der Waals surface area (Å²) < 4.78 is 15.7. The van der Waals surface area contributed by atoms with Crippen LogP contribution in [0.3, 0.4) is 0 Å². The highest BCUT2D eigenvalue weighted by Crippen LogP contribution is 2.32. The van der Waals surface area contributed by atoms with E-state index in [-0.39, 0.29) is 18.6 Å². The second-order valence-electron chi connectivity index (χ2n) is 6.77. The average Bonchev–Trinajstić information content (AvgIpc) is 3.19. The van der Waals surface area contributed by atoms with Crippen LogP contribution in [0.25, 0.3) is 0 Å². The van der Waals surface area contributed by atoms with Crippen LogP contribution in [0, 0.1) is 5.92 Å². The Kier molecular flexibility index (Phi) is 6.33. The Hall–Kier alpha value is -3.55. The lowest BCUT2D eigenvalue weighted by Gasteiger charge is -2.20. The molecule has 0 spiro atoms. The molecular formula is C21H23N3O5. The Bertz CT molecular complexity index is 926. The predicted molar refractivity (Wildman–Crippen MR) is 107 cm³/mol. The number of hydrogen-bond donors (Lipinski definition) is 2. The van der Waals surface area contributed by atoms with E-state index in [1.807, 2.05) is 32.0 Å². The van der Waals surface area contributed by atoms with Gasteiger partial charge in [0.15, 0.2) is 11.5 Å². The van der Waals surface area contributed by atoms with Crippen molar-refractivity contribution in [1.82, 2.24) is 10.7 Å². The van der Waals surface area contributed by atoms with E-state index in [0.717, 1.165) is 5.56 Å². The van der Waals surface area contributed by atoms with Crippen molar-refractivity contribution in [3.05, 3.63) is 53.6 Å². The fourth-order valence-corrected chi connectivity index (χ4v) is 2.76. The Balaban J connectivity index is 1.63. The first-order valence-corrected chi connectivity index (χ1v) is 9.15. The van der Waals surface area contributed by atoms with E-state index in [9.17, 15) is 9.59 Å². The number of hydrogen-bond acceptors (Lipinski definition) is 6. The SMILES string of the molecule is COc1cccc(/C=N/NC(=O)C(NC(=O)c2ccc3c(c2)OCO3)C(C)C)c1. The van der Waals surface area contributed by atoms with Crippen LogP contribution < -0.4 is 25.0 Å². The summed E-state index contributed by atoms with van der Waals surface area (Å²) in [6.45, 7) is 3.81. The molecule has 0 bridgehead atoms. The fraction of sp³-hybridized carbons (Fsp3) is 0.286. The molecule has 1 atom stereocenters. The molecule has 1 aliphatic rings. The third kappa shape index (κ3) is 5.04. The molecule has 2 N–H and O–H groups in total. The summed E-state index contributed by atoms with van der Waals surface area (Å²) in [4.78, 5) is 25.1. The van der Waals surface area contributed by atoms with E-state index >= 15 is 0 Å². The fourth-order valence-electron chi connectivity index (χ4n) is 2.76. The van der Waals surface area contributed by atoms with Gasteiger partial charge in [0.05, 0.1) is 13.3 Å². The lowest BCUT2D eigenvalue weighted by molar-refractivity contribution is -0.123. The molecular weight excluding hydrogens is 374 g/mol. The van der Waals surface area contributed by atoms with Crippen molar-refractivity contribution in [3.8, 4) is 17.2 Å². The van der Waals surface area contributed by atoms with Gasteiger partial charge in [0, 0.05) is 5.56 Å². The van der Waals surface area contributed by atoms with Crippen LogP contribution >= 0.6 is 0 Å². The molecule has 0 fully saturated rings. The lowest BCUT2D eigenvalue weighted by atomic mass is 10.0. The molecule has 0 saturated heterocycles. The highest BCUT2D eigenvalue weighted by molar-refractivity contribution is 5.98. The minimum Gasteiger partial charge on any atom is -0.497 e. The number of rotatable bonds is 7. The standard InChI is InChI=1S/C21H23N3O5/c1-13(2)19(21(26)24-22-11-14-5-4-6-16(9-14)27-3)23-20(25)15-7-8-17-18(10-15)29-12-28-17/h4-11,13,19H,12H2,1-3H3,(H,23,25)(H,24,26)/b22-11+. The molecule has 29 heavy (non-hydrogen) atoms. The minimum absolute atomic E-state index is 0.128.